The van der Waals surface area contributed by atoms with Crippen LogP contribution < -0.4 is 10.6 Å². The Bertz CT molecular complexity index is 1080. The predicted molar refractivity (Wildman–Crippen MR) is 108 cm³/mol. The molecule has 0 aliphatic carbocycles. The number of hydrogen-bond acceptors (Lipinski definition) is 5. The molecule has 0 radical (unpaired) electrons. The number of fused-ring (bicyclic) bond motifs is 1. The average molecular weight is 377 g/mol. The van der Waals surface area contributed by atoms with E-state index in [1.807, 2.05) is 69.3 Å². The van der Waals surface area contributed by atoms with Crippen molar-refractivity contribution in [2.24, 2.45) is 0 Å². The molecule has 2 aromatic carbocycles. The van der Waals surface area contributed by atoms with E-state index in [2.05, 4.69) is 4.98 Å². The van der Waals surface area contributed by atoms with E-state index >= 15 is 0 Å². The first-order valence-electron chi connectivity index (χ1n) is 9.57. The number of carbonyl (C=O) groups is 1. The highest BCUT2D eigenvalue weighted by Crippen LogP contribution is 2.29. The maximum Gasteiger partial charge on any atom is 0.333 e. The smallest absolute Gasteiger partial charge is 0.333 e. The van der Waals surface area contributed by atoms with Gasteiger partial charge in [0.15, 0.2) is 6.04 Å². The van der Waals surface area contributed by atoms with Gasteiger partial charge in [0.05, 0.1) is 16.9 Å². The molecule has 0 bridgehead atoms. The third kappa shape index (κ3) is 3.05. The number of esters is 1. The molecule has 6 nitrogen and oxygen atoms in total. The average Bonchev–Trinajstić information content (AvgIpc) is 3.38. The first-order chi connectivity index (χ1) is 13.5. The van der Waals surface area contributed by atoms with Crippen LogP contribution in [0.5, 0.6) is 0 Å². The van der Waals surface area contributed by atoms with E-state index in [0.29, 0.717) is 23.1 Å². The maximum absolute atomic E-state index is 13.1. The lowest BCUT2D eigenvalue weighted by Crippen LogP contribution is -2.36. The van der Waals surface area contributed by atoms with Gasteiger partial charge >= 0.3 is 5.97 Å². The van der Waals surface area contributed by atoms with E-state index in [1.165, 1.54) is 0 Å². The lowest BCUT2D eigenvalue weighted by molar-refractivity contribution is -0.147. The number of carbonyl (C=O) groups excluding carboxylic acids is 1. The molecule has 1 saturated heterocycles. The fraction of sp³-hybridized carbons (Fsp3) is 0.318. The number of hydrogen-bond donors (Lipinski definition) is 0. The summed E-state index contributed by atoms with van der Waals surface area (Å²) in [7, 11) is 0. The highest BCUT2D eigenvalue weighted by atomic mass is 16.5. The Hall–Kier alpha value is -3.15. The summed E-state index contributed by atoms with van der Waals surface area (Å²) in [5.74, 6) is 0.313. The quantitative estimate of drug-likeness (QED) is 0.505. The van der Waals surface area contributed by atoms with E-state index in [4.69, 9.17) is 4.74 Å². The van der Waals surface area contributed by atoms with Crippen molar-refractivity contribution in [3.8, 4) is 0 Å². The molecule has 2 heterocycles. The van der Waals surface area contributed by atoms with Gasteiger partial charge in [-0.1, -0.05) is 49.4 Å². The molecule has 0 N–H and O–H groups in total. The van der Waals surface area contributed by atoms with Crippen molar-refractivity contribution >= 4 is 16.9 Å². The zero-order valence-corrected chi connectivity index (χ0v) is 16.2. The van der Waals surface area contributed by atoms with Gasteiger partial charge in [-0.2, -0.15) is 0 Å². The summed E-state index contributed by atoms with van der Waals surface area (Å²) in [5, 5.41) is 2.31. The Labute approximate surface area is 163 Å². The topological polar surface area (TPSA) is 64.2 Å². The molecular formula is C22H23N3O3. The Morgan fingerprint density at radius 1 is 1.14 bits per heavy atom. The van der Waals surface area contributed by atoms with Gasteiger partial charge < -0.3 is 4.74 Å². The van der Waals surface area contributed by atoms with Crippen LogP contribution in [0.4, 0.5) is 0 Å². The lowest BCUT2D eigenvalue weighted by atomic mass is 10.1. The predicted octanol–water partition coefficient (Wildman–Crippen LogP) is 2.97. The van der Waals surface area contributed by atoms with Crippen molar-refractivity contribution in [1.29, 1.82) is 0 Å². The monoisotopic (exact) mass is 377 g/mol. The third-order valence-corrected chi connectivity index (χ3v) is 5.24. The second-order valence-electron chi connectivity index (χ2n) is 7.07. The van der Waals surface area contributed by atoms with E-state index in [9.17, 15) is 9.59 Å². The number of ether oxygens (including phenoxy) is 1. The van der Waals surface area contributed by atoms with E-state index < -0.39 is 6.04 Å². The fourth-order valence-electron chi connectivity index (χ4n) is 3.62. The van der Waals surface area contributed by atoms with Gasteiger partial charge in [-0.05, 0) is 31.5 Å². The van der Waals surface area contributed by atoms with Crippen molar-refractivity contribution in [3.63, 3.8) is 0 Å². The molecule has 0 spiro atoms. The van der Waals surface area contributed by atoms with Gasteiger partial charge in [-0.25, -0.2) is 14.5 Å². The largest absolute Gasteiger partial charge is 0.456 e. The summed E-state index contributed by atoms with van der Waals surface area (Å²) < 4.78 is 7.21. The van der Waals surface area contributed by atoms with Crippen molar-refractivity contribution in [3.05, 3.63) is 76.3 Å². The summed E-state index contributed by atoms with van der Waals surface area (Å²) in [5.41, 5.74) is 1.46. The molecule has 0 amide bonds. The van der Waals surface area contributed by atoms with Crippen LogP contribution in [0.3, 0.4) is 0 Å². The lowest BCUT2D eigenvalue weighted by Gasteiger charge is -2.16. The minimum Gasteiger partial charge on any atom is -0.456 e. The number of nitrogens with zero attached hydrogens (tertiary/aromatic N) is 3. The standard InChI is InChI=1S/C22H23N3O3/c1-4-19-23-18-13-9-8-12-17(18)21(26)25(19)24-14(2)20(24)22(27)28-15(3)16-10-6-5-7-11-16/h5-15,20H,4H2,1-3H3/t14-,15-,20+,24?/m0/s1. The molecule has 3 aromatic rings. The molecule has 1 fully saturated rings. The van der Waals surface area contributed by atoms with Crippen LogP contribution >= 0.6 is 0 Å². The molecular weight excluding hydrogens is 354 g/mol. The molecule has 0 saturated carbocycles. The van der Waals surface area contributed by atoms with Crippen LogP contribution in [0.25, 0.3) is 10.9 Å². The number of aryl methyl sites for hydroxylation is 1. The second kappa shape index (κ2) is 7.11. The molecule has 144 valence electrons. The third-order valence-electron chi connectivity index (χ3n) is 5.24. The normalized spacial score (nSPS) is 19.5. The van der Waals surface area contributed by atoms with Crippen molar-refractivity contribution < 1.29 is 9.53 Å². The zero-order valence-electron chi connectivity index (χ0n) is 16.2. The van der Waals surface area contributed by atoms with Crippen molar-refractivity contribution in [2.75, 3.05) is 5.01 Å². The van der Waals surface area contributed by atoms with Crippen molar-refractivity contribution in [2.45, 2.75) is 45.4 Å². The molecule has 1 aliphatic heterocycles. The first kappa shape index (κ1) is 18.2. The summed E-state index contributed by atoms with van der Waals surface area (Å²) in [6.07, 6.45) is 0.242. The van der Waals surface area contributed by atoms with Gasteiger partial charge in [-0.15, -0.1) is 0 Å². The van der Waals surface area contributed by atoms with Gasteiger partial charge in [0.25, 0.3) is 5.56 Å². The van der Waals surface area contributed by atoms with E-state index in [1.54, 1.807) is 15.8 Å². The van der Waals surface area contributed by atoms with Gasteiger partial charge in [0.1, 0.15) is 11.9 Å². The molecule has 28 heavy (non-hydrogen) atoms. The van der Waals surface area contributed by atoms with Gasteiger partial charge in [0.2, 0.25) is 0 Å². The highest BCUT2D eigenvalue weighted by Gasteiger charge is 2.53. The summed E-state index contributed by atoms with van der Waals surface area (Å²) in [6.45, 7) is 5.72. The molecule has 0 unspecified atom stereocenters. The number of para-hydroxylation sites is 1. The van der Waals surface area contributed by atoms with Crippen LogP contribution in [0.2, 0.25) is 0 Å². The van der Waals surface area contributed by atoms with Gasteiger partial charge in [0, 0.05) is 6.42 Å². The fourth-order valence-corrected chi connectivity index (χ4v) is 3.62. The van der Waals surface area contributed by atoms with Crippen molar-refractivity contribution in [1.82, 2.24) is 9.66 Å². The molecule has 6 heteroatoms. The molecule has 4 rings (SSSR count). The van der Waals surface area contributed by atoms with E-state index in [0.717, 1.165) is 5.56 Å². The zero-order chi connectivity index (χ0) is 19.8. The Balaban J connectivity index is 1.62. The second-order valence-corrected chi connectivity index (χ2v) is 7.07. The van der Waals surface area contributed by atoms with E-state index in [-0.39, 0.29) is 23.7 Å². The SMILES string of the molecule is CCc1nc2ccccc2c(=O)n1N1[C@@H](C)[C@@H]1C(=O)O[C@@H](C)c1ccccc1. The van der Waals surface area contributed by atoms with Crippen LogP contribution in [0.15, 0.2) is 59.4 Å². The Morgan fingerprint density at radius 2 is 1.82 bits per heavy atom. The van der Waals surface area contributed by atoms with Crippen LogP contribution in [0.1, 0.15) is 38.3 Å². The molecule has 1 aliphatic rings. The minimum atomic E-state index is -0.489. The molecule has 1 aromatic heterocycles. The minimum absolute atomic E-state index is 0.124. The highest BCUT2D eigenvalue weighted by molar-refractivity contribution is 5.85. The number of aromatic nitrogens is 2. The van der Waals surface area contributed by atoms with Crippen LogP contribution in [0, 0.1) is 0 Å². The Kier molecular flexibility index (Phi) is 4.63. The van der Waals surface area contributed by atoms with Gasteiger partial charge in [-0.3, -0.25) is 9.80 Å². The van der Waals surface area contributed by atoms with Crippen LogP contribution in [-0.4, -0.2) is 27.7 Å². The summed E-state index contributed by atoms with van der Waals surface area (Å²) >= 11 is 0. The first-order valence-corrected chi connectivity index (χ1v) is 9.57. The Morgan fingerprint density at radius 3 is 2.54 bits per heavy atom. The van der Waals surface area contributed by atoms with Crippen LogP contribution in [-0.2, 0) is 16.0 Å². The molecule has 3 atom stereocenters. The maximum atomic E-state index is 13.1. The summed E-state index contributed by atoms with van der Waals surface area (Å²) in [6, 6.07) is 16.3. The number of rotatable bonds is 5. The summed E-state index contributed by atoms with van der Waals surface area (Å²) in [4.78, 5) is 30.5. The number of benzene rings is 2.